The van der Waals surface area contributed by atoms with Gasteiger partial charge in [-0.3, -0.25) is 0 Å². The Hall–Kier alpha value is -2.87. The predicted octanol–water partition coefficient (Wildman–Crippen LogP) is 5.75. The highest BCUT2D eigenvalue weighted by Crippen LogP contribution is 2.33. The van der Waals surface area contributed by atoms with Gasteiger partial charge in [-0.05, 0) is 43.2 Å². The van der Waals surface area contributed by atoms with Crippen molar-refractivity contribution in [3.8, 4) is 0 Å². The van der Waals surface area contributed by atoms with Gasteiger partial charge in [-0.25, -0.2) is 4.98 Å². The summed E-state index contributed by atoms with van der Waals surface area (Å²) in [6, 6.07) is 23.1. The molecule has 0 radical (unpaired) electrons. The number of fused-ring (bicyclic) bond motifs is 2. The monoisotopic (exact) mass is 298 g/mol. The molecule has 1 aromatic heterocycles. The molecule has 2 nitrogen and oxygen atoms in total. The van der Waals surface area contributed by atoms with Crippen molar-refractivity contribution < 1.29 is 0 Å². The lowest BCUT2D eigenvalue weighted by Gasteiger charge is -2.15. The molecule has 0 saturated carbocycles. The molecule has 0 saturated heterocycles. The first-order valence-corrected chi connectivity index (χ1v) is 7.84. The maximum Gasteiger partial charge on any atom is 0.0730 e. The minimum Gasteiger partial charge on any atom is -0.354 e. The van der Waals surface area contributed by atoms with Crippen LogP contribution in [0.4, 0.5) is 11.4 Å². The van der Waals surface area contributed by atoms with Crippen LogP contribution in [0.5, 0.6) is 0 Å². The van der Waals surface area contributed by atoms with Crippen molar-refractivity contribution in [1.82, 2.24) is 4.98 Å². The molecule has 0 spiro atoms. The second kappa shape index (κ2) is 5.40. The van der Waals surface area contributed by atoms with Crippen LogP contribution < -0.4 is 5.32 Å². The highest BCUT2D eigenvalue weighted by atomic mass is 14.9. The predicted molar refractivity (Wildman–Crippen MR) is 98.4 cm³/mol. The Morgan fingerprint density at radius 1 is 0.739 bits per heavy atom. The topological polar surface area (TPSA) is 24.9 Å². The summed E-state index contributed by atoms with van der Waals surface area (Å²) in [7, 11) is 0. The smallest absolute Gasteiger partial charge is 0.0730 e. The van der Waals surface area contributed by atoms with Crippen molar-refractivity contribution in [2.45, 2.75) is 13.8 Å². The Morgan fingerprint density at radius 3 is 2.00 bits per heavy atom. The summed E-state index contributed by atoms with van der Waals surface area (Å²) in [4.78, 5) is 4.78. The average molecular weight is 298 g/mol. The largest absolute Gasteiger partial charge is 0.354 e. The quantitative estimate of drug-likeness (QED) is 0.477. The Morgan fingerprint density at radius 2 is 1.35 bits per heavy atom. The van der Waals surface area contributed by atoms with Gasteiger partial charge < -0.3 is 5.32 Å². The fourth-order valence-electron chi connectivity index (χ4n) is 2.98. The number of benzene rings is 3. The van der Waals surface area contributed by atoms with E-state index in [-0.39, 0.29) is 0 Å². The van der Waals surface area contributed by atoms with E-state index in [9.17, 15) is 0 Å². The molecule has 112 valence electrons. The number of hydrogen-bond acceptors (Lipinski definition) is 2. The molecule has 0 unspecified atom stereocenters. The number of aromatic nitrogens is 1. The minimum absolute atomic E-state index is 1.01. The molecule has 1 N–H and O–H groups in total. The molecule has 0 bridgehead atoms. The van der Waals surface area contributed by atoms with E-state index < -0.39 is 0 Å². The Kier molecular flexibility index (Phi) is 3.23. The van der Waals surface area contributed by atoms with E-state index >= 15 is 0 Å². The van der Waals surface area contributed by atoms with Gasteiger partial charge in [-0.15, -0.1) is 0 Å². The summed E-state index contributed by atoms with van der Waals surface area (Å²) in [6.07, 6.45) is 0. The molecule has 3 aromatic carbocycles. The SMILES string of the molecule is Cc1ccc(C)c(Nc2c3ccccc3nc3ccccc23)c1. The van der Waals surface area contributed by atoms with Gasteiger partial charge in [-0.2, -0.15) is 0 Å². The molecule has 0 fully saturated rings. The van der Waals surface area contributed by atoms with E-state index in [0.29, 0.717) is 0 Å². The highest BCUT2D eigenvalue weighted by Gasteiger charge is 2.10. The van der Waals surface area contributed by atoms with Crippen molar-refractivity contribution >= 4 is 33.2 Å². The molecule has 4 rings (SSSR count). The van der Waals surface area contributed by atoms with Crippen LogP contribution in [-0.2, 0) is 0 Å². The number of hydrogen-bond donors (Lipinski definition) is 1. The molecule has 0 atom stereocenters. The Labute approximate surface area is 135 Å². The number of nitrogens with zero attached hydrogens (tertiary/aromatic N) is 1. The maximum absolute atomic E-state index is 4.78. The van der Waals surface area contributed by atoms with Gasteiger partial charge in [0.15, 0.2) is 0 Å². The first-order valence-electron chi connectivity index (χ1n) is 7.84. The lowest BCUT2D eigenvalue weighted by atomic mass is 10.1. The van der Waals surface area contributed by atoms with Gasteiger partial charge in [-0.1, -0.05) is 48.5 Å². The Bertz CT molecular complexity index is 965. The van der Waals surface area contributed by atoms with Crippen molar-refractivity contribution in [2.24, 2.45) is 0 Å². The van der Waals surface area contributed by atoms with Crippen molar-refractivity contribution in [3.05, 3.63) is 77.9 Å². The lowest BCUT2D eigenvalue weighted by molar-refractivity contribution is 1.38. The zero-order valence-corrected chi connectivity index (χ0v) is 13.3. The van der Waals surface area contributed by atoms with Crippen LogP contribution in [0.3, 0.4) is 0 Å². The van der Waals surface area contributed by atoms with Gasteiger partial charge >= 0.3 is 0 Å². The number of nitrogens with one attached hydrogen (secondary N) is 1. The molecule has 1 heterocycles. The summed E-state index contributed by atoms with van der Waals surface area (Å²) in [5.74, 6) is 0. The van der Waals surface area contributed by atoms with E-state index in [0.717, 1.165) is 33.2 Å². The number of para-hydroxylation sites is 2. The molecule has 0 amide bonds. The fraction of sp³-hybridized carbons (Fsp3) is 0.0952. The standard InChI is InChI=1S/C21H18N2/c1-14-11-12-15(2)20(13-14)23-21-16-7-3-5-9-18(16)22-19-10-6-4-8-17(19)21/h3-13H,1-2H3,(H,22,23). The molecule has 0 aliphatic heterocycles. The summed E-state index contributed by atoms with van der Waals surface area (Å²) in [5, 5.41) is 5.95. The number of anilines is 2. The van der Waals surface area contributed by atoms with Crippen LogP contribution in [0.1, 0.15) is 11.1 Å². The Balaban J connectivity index is 2.01. The number of aryl methyl sites for hydroxylation is 2. The second-order valence-corrected chi connectivity index (χ2v) is 5.96. The van der Waals surface area contributed by atoms with Gasteiger partial charge in [0.1, 0.15) is 0 Å². The number of pyridine rings is 1. The summed E-state index contributed by atoms with van der Waals surface area (Å²) >= 11 is 0. The lowest BCUT2D eigenvalue weighted by Crippen LogP contribution is -1.97. The van der Waals surface area contributed by atoms with Gasteiger partial charge in [0, 0.05) is 16.5 Å². The number of rotatable bonds is 2. The van der Waals surface area contributed by atoms with Crippen LogP contribution in [0.25, 0.3) is 21.8 Å². The summed E-state index contributed by atoms with van der Waals surface area (Å²) in [5.41, 5.74) is 6.78. The van der Waals surface area contributed by atoms with Crippen LogP contribution in [-0.4, -0.2) is 4.98 Å². The van der Waals surface area contributed by atoms with Crippen LogP contribution >= 0.6 is 0 Å². The van der Waals surface area contributed by atoms with Crippen LogP contribution in [0.15, 0.2) is 66.7 Å². The second-order valence-electron chi connectivity index (χ2n) is 5.96. The highest BCUT2D eigenvalue weighted by molar-refractivity contribution is 6.08. The minimum atomic E-state index is 1.01. The van der Waals surface area contributed by atoms with E-state index in [1.165, 1.54) is 11.1 Å². The molecule has 4 aromatic rings. The molecule has 0 aliphatic carbocycles. The molecular formula is C21H18N2. The van der Waals surface area contributed by atoms with Gasteiger partial charge in [0.05, 0.1) is 16.7 Å². The summed E-state index contributed by atoms with van der Waals surface area (Å²) < 4.78 is 0. The van der Waals surface area contributed by atoms with Crippen LogP contribution in [0, 0.1) is 13.8 Å². The summed E-state index contributed by atoms with van der Waals surface area (Å²) in [6.45, 7) is 4.25. The maximum atomic E-state index is 4.78. The zero-order chi connectivity index (χ0) is 15.8. The molecule has 2 heteroatoms. The van der Waals surface area contributed by atoms with E-state index in [2.05, 4.69) is 73.8 Å². The molecule has 23 heavy (non-hydrogen) atoms. The third-order valence-corrected chi connectivity index (χ3v) is 4.24. The third kappa shape index (κ3) is 2.42. The van der Waals surface area contributed by atoms with Gasteiger partial charge in [0.2, 0.25) is 0 Å². The van der Waals surface area contributed by atoms with E-state index in [1.54, 1.807) is 0 Å². The van der Waals surface area contributed by atoms with E-state index in [4.69, 9.17) is 4.98 Å². The van der Waals surface area contributed by atoms with Gasteiger partial charge in [0.25, 0.3) is 0 Å². The molecular weight excluding hydrogens is 280 g/mol. The zero-order valence-electron chi connectivity index (χ0n) is 13.3. The molecule has 0 aliphatic rings. The first-order chi connectivity index (χ1) is 11.2. The fourth-order valence-corrected chi connectivity index (χ4v) is 2.98. The van der Waals surface area contributed by atoms with Crippen molar-refractivity contribution in [3.63, 3.8) is 0 Å². The van der Waals surface area contributed by atoms with Crippen molar-refractivity contribution in [1.29, 1.82) is 0 Å². The normalized spacial score (nSPS) is 11.0. The average Bonchev–Trinajstić information content (AvgIpc) is 2.58. The first kappa shape index (κ1) is 13.8. The van der Waals surface area contributed by atoms with Crippen LogP contribution in [0.2, 0.25) is 0 Å². The third-order valence-electron chi connectivity index (χ3n) is 4.24. The van der Waals surface area contributed by atoms with E-state index in [1.807, 2.05) is 12.1 Å². The van der Waals surface area contributed by atoms with Crippen molar-refractivity contribution in [2.75, 3.05) is 5.32 Å².